The lowest BCUT2D eigenvalue weighted by Crippen LogP contribution is -2.28. The molecule has 0 bridgehead atoms. The molecule has 0 radical (unpaired) electrons. The monoisotopic (exact) mass is 202 g/mol. The number of aryl methyl sites for hydroxylation is 1. The Kier molecular flexibility index (Phi) is 4.18. The minimum atomic E-state index is 0.309. The van der Waals surface area contributed by atoms with E-state index in [1.165, 1.54) is 0 Å². The standard InChI is InChI=1S/C8H15ClN4/c1-3-13-8(11-6-12-13)5-10-7(2)4-9/h6-7,10H,3-5H2,1-2H3. The zero-order valence-electron chi connectivity index (χ0n) is 8.00. The molecule has 0 aromatic carbocycles. The summed E-state index contributed by atoms with van der Waals surface area (Å²) in [5.74, 6) is 1.57. The molecule has 0 fully saturated rings. The number of nitrogens with one attached hydrogen (secondary N) is 1. The first-order valence-electron chi connectivity index (χ1n) is 4.44. The third kappa shape index (κ3) is 2.97. The maximum Gasteiger partial charge on any atom is 0.140 e. The van der Waals surface area contributed by atoms with Gasteiger partial charge in [-0.1, -0.05) is 0 Å². The van der Waals surface area contributed by atoms with Crippen LogP contribution in [-0.4, -0.2) is 26.7 Å². The molecule has 0 aliphatic rings. The van der Waals surface area contributed by atoms with Gasteiger partial charge >= 0.3 is 0 Å². The Balaban J connectivity index is 2.44. The molecule has 0 saturated heterocycles. The Morgan fingerprint density at radius 2 is 2.46 bits per heavy atom. The molecule has 1 atom stereocenters. The molecular weight excluding hydrogens is 188 g/mol. The predicted molar refractivity (Wildman–Crippen MR) is 52.7 cm³/mol. The van der Waals surface area contributed by atoms with Gasteiger partial charge in [-0.15, -0.1) is 11.6 Å². The first-order chi connectivity index (χ1) is 6.27. The smallest absolute Gasteiger partial charge is 0.140 e. The van der Waals surface area contributed by atoms with Gasteiger partial charge in [-0.3, -0.25) is 0 Å². The summed E-state index contributed by atoms with van der Waals surface area (Å²) >= 11 is 5.66. The number of hydrogen-bond acceptors (Lipinski definition) is 3. The van der Waals surface area contributed by atoms with Gasteiger partial charge in [0.05, 0.1) is 6.54 Å². The highest BCUT2D eigenvalue weighted by Crippen LogP contribution is 1.95. The van der Waals surface area contributed by atoms with Gasteiger partial charge in [0.15, 0.2) is 0 Å². The van der Waals surface area contributed by atoms with Crippen molar-refractivity contribution in [2.24, 2.45) is 0 Å². The maximum absolute atomic E-state index is 5.66. The second-order valence-corrected chi connectivity index (χ2v) is 3.24. The first-order valence-corrected chi connectivity index (χ1v) is 4.97. The highest BCUT2D eigenvalue weighted by molar-refractivity contribution is 6.18. The van der Waals surface area contributed by atoms with E-state index in [4.69, 9.17) is 11.6 Å². The second kappa shape index (κ2) is 5.19. The van der Waals surface area contributed by atoms with Gasteiger partial charge < -0.3 is 5.32 Å². The number of alkyl halides is 1. The number of halogens is 1. The van der Waals surface area contributed by atoms with Crippen LogP contribution in [0.1, 0.15) is 19.7 Å². The summed E-state index contributed by atoms with van der Waals surface area (Å²) in [6.07, 6.45) is 1.58. The van der Waals surface area contributed by atoms with Crippen molar-refractivity contribution in [1.82, 2.24) is 20.1 Å². The van der Waals surface area contributed by atoms with Crippen LogP contribution in [0.5, 0.6) is 0 Å². The number of aromatic nitrogens is 3. The van der Waals surface area contributed by atoms with Crippen molar-refractivity contribution in [3.63, 3.8) is 0 Å². The van der Waals surface area contributed by atoms with E-state index in [1.807, 2.05) is 18.5 Å². The van der Waals surface area contributed by atoms with Crippen molar-refractivity contribution in [3.8, 4) is 0 Å². The van der Waals surface area contributed by atoms with Crippen LogP contribution in [0.3, 0.4) is 0 Å². The Morgan fingerprint density at radius 1 is 1.69 bits per heavy atom. The zero-order valence-corrected chi connectivity index (χ0v) is 8.75. The minimum absolute atomic E-state index is 0.309. The Hall–Kier alpha value is -0.610. The van der Waals surface area contributed by atoms with Crippen LogP contribution in [0.4, 0.5) is 0 Å². The molecule has 1 unspecified atom stereocenters. The van der Waals surface area contributed by atoms with Gasteiger partial charge in [0, 0.05) is 18.5 Å². The van der Waals surface area contributed by atoms with E-state index in [1.54, 1.807) is 6.33 Å². The van der Waals surface area contributed by atoms with Crippen LogP contribution in [0.2, 0.25) is 0 Å². The summed E-state index contributed by atoms with van der Waals surface area (Å²) in [6, 6.07) is 0.309. The second-order valence-electron chi connectivity index (χ2n) is 2.93. The van der Waals surface area contributed by atoms with E-state index in [0.29, 0.717) is 11.9 Å². The lowest BCUT2D eigenvalue weighted by molar-refractivity contribution is 0.535. The van der Waals surface area contributed by atoms with Crippen LogP contribution < -0.4 is 5.32 Å². The van der Waals surface area contributed by atoms with Crippen LogP contribution in [0.15, 0.2) is 6.33 Å². The molecule has 1 aromatic heterocycles. The van der Waals surface area contributed by atoms with Crippen molar-refractivity contribution >= 4 is 11.6 Å². The van der Waals surface area contributed by atoms with Crippen LogP contribution >= 0.6 is 11.6 Å². The summed E-state index contributed by atoms with van der Waals surface area (Å²) in [5.41, 5.74) is 0. The van der Waals surface area contributed by atoms with Crippen molar-refractivity contribution < 1.29 is 0 Å². The SMILES string of the molecule is CCn1ncnc1CNC(C)CCl. The van der Waals surface area contributed by atoms with E-state index in [9.17, 15) is 0 Å². The highest BCUT2D eigenvalue weighted by Gasteiger charge is 2.04. The molecular formula is C8H15ClN4. The fourth-order valence-corrected chi connectivity index (χ4v) is 1.12. The minimum Gasteiger partial charge on any atom is -0.306 e. The lowest BCUT2D eigenvalue weighted by Gasteiger charge is -2.09. The molecule has 13 heavy (non-hydrogen) atoms. The van der Waals surface area contributed by atoms with Gasteiger partial charge in [0.2, 0.25) is 0 Å². The summed E-state index contributed by atoms with van der Waals surface area (Å²) in [5, 5.41) is 7.33. The van der Waals surface area contributed by atoms with Crippen molar-refractivity contribution in [1.29, 1.82) is 0 Å². The molecule has 1 aromatic rings. The van der Waals surface area contributed by atoms with E-state index in [-0.39, 0.29) is 0 Å². The average Bonchev–Trinajstić information content (AvgIpc) is 2.61. The summed E-state index contributed by atoms with van der Waals surface area (Å²) in [6.45, 7) is 5.66. The van der Waals surface area contributed by atoms with Crippen LogP contribution in [0.25, 0.3) is 0 Å². The lowest BCUT2D eigenvalue weighted by atomic mass is 10.4. The summed E-state index contributed by atoms with van der Waals surface area (Å²) in [4.78, 5) is 4.14. The summed E-state index contributed by atoms with van der Waals surface area (Å²) < 4.78 is 1.87. The Morgan fingerprint density at radius 3 is 3.08 bits per heavy atom. The number of nitrogens with zero attached hydrogens (tertiary/aromatic N) is 3. The van der Waals surface area contributed by atoms with Gasteiger partial charge in [0.25, 0.3) is 0 Å². The molecule has 0 saturated carbocycles. The molecule has 1 rings (SSSR count). The average molecular weight is 203 g/mol. The molecule has 0 spiro atoms. The third-order valence-corrected chi connectivity index (χ3v) is 2.30. The Bertz CT molecular complexity index is 248. The van der Waals surface area contributed by atoms with Gasteiger partial charge in [-0.25, -0.2) is 9.67 Å². The van der Waals surface area contributed by atoms with E-state index in [2.05, 4.69) is 15.4 Å². The first kappa shape index (κ1) is 10.5. The van der Waals surface area contributed by atoms with Crippen molar-refractivity contribution in [3.05, 3.63) is 12.2 Å². The molecule has 1 N–H and O–H groups in total. The molecule has 0 aliphatic heterocycles. The van der Waals surface area contributed by atoms with E-state index in [0.717, 1.165) is 18.9 Å². The third-order valence-electron chi connectivity index (χ3n) is 1.84. The highest BCUT2D eigenvalue weighted by atomic mass is 35.5. The zero-order chi connectivity index (χ0) is 9.68. The summed E-state index contributed by atoms with van der Waals surface area (Å²) in [7, 11) is 0. The Labute approximate surface area is 83.3 Å². The largest absolute Gasteiger partial charge is 0.306 e. The molecule has 4 nitrogen and oxygen atoms in total. The normalized spacial score (nSPS) is 13.2. The molecule has 74 valence electrons. The van der Waals surface area contributed by atoms with E-state index >= 15 is 0 Å². The fraction of sp³-hybridized carbons (Fsp3) is 0.750. The number of rotatable bonds is 5. The number of hydrogen-bond donors (Lipinski definition) is 1. The van der Waals surface area contributed by atoms with Gasteiger partial charge in [-0.05, 0) is 13.8 Å². The van der Waals surface area contributed by atoms with Crippen molar-refractivity contribution in [2.75, 3.05) is 5.88 Å². The quantitative estimate of drug-likeness (QED) is 0.725. The topological polar surface area (TPSA) is 42.7 Å². The molecule has 5 heteroatoms. The molecule has 0 aliphatic carbocycles. The fourth-order valence-electron chi connectivity index (χ4n) is 1.01. The van der Waals surface area contributed by atoms with Crippen LogP contribution in [-0.2, 0) is 13.1 Å². The van der Waals surface area contributed by atoms with Crippen LogP contribution in [0, 0.1) is 0 Å². The molecule has 1 heterocycles. The maximum atomic E-state index is 5.66. The van der Waals surface area contributed by atoms with Gasteiger partial charge in [-0.2, -0.15) is 5.10 Å². The molecule has 0 amide bonds. The van der Waals surface area contributed by atoms with Crippen molar-refractivity contribution in [2.45, 2.75) is 33.0 Å². The predicted octanol–water partition coefficient (Wildman–Crippen LogP) is 1.01. The van der Waals surface area contributed by atoms with E-state index < -0.39 is 0 Å². The van der Waals surface area contributed by atoms with Gasteiger partial charge in [0.1, 0.15) is 12.2 Å².